The van der Waals surface area contributed by atoms with Gasteiger partial charge in [-0.25, -0.2) is 4.98 Å². The van der Waals surface area contributed by atoms with E-state index in [-0.39, 0.29) is 0 Å². The first-order valence-corrected chi connectivity index (χ1v) is 7.24. The van der Waals surface area contributed by atoms with Gasteiger partial charge in [-0.2, -0.15) is 0 Å². The number of nitrogens with one attached hydrogen (secondary N) is 1. The fraction of sp³-hybridized carbons (Fsp3) is 0.353. The third kappa shape index (κ3) is 4.35. The lowest BCUT2D eigenvalue weighted by molar-refractivity contribution is 0.462. The summed E-state index contributed by atoms with van der Waals surface area (Å²) in [5.74, 6) is 1.46. The van der Waals surface area contributed by atoms with E-state index in [9.17, 15) is 0 Å². The number of aryl methyl sites for hydroxylation is 1. The molecule has 0 aliphatic rings. The molecule has 0 saturated heterocycles. The summed E-state index contributed by atoms with van der Waals surface area (Å²) < 4.78 is 5.74. The van der Waals surface area contributed by atoms with Gasteiger partial charge < -0.3 is 10.1 Å². The van der Waals surface area contributed by atoms with Crippen LogP contribution in [0.15, 0.2) is 42.6 Å². The lowest BCUT2D eigenvalue weighted by atomic mass is 10.1. The minimum atomic E-state index is 0.633. The molecule has 0 amide bonds. The molecule has 0 spiro atoms. The van der Waals surface area contributed by atoms with E-state index < -0.39 is 0 Å². The molecule has 1 N–H and O–H groups in total. The van der Waals surface area contributed by atoms with E-state index in [1.807, 2.05) is 30.5 Å². The molecule has 20 heavy (non-hydrogen) atoms. The van der Waals surface area contributed by atoms with Gasteiger partial charge in [0.2, 0.25) is 5.88 Å². The van der Waals surface area contributed by atoms with E-state index >= 15 is 0 Å². The number of hydrogen-bond donors (Lipinski definition) is 1. The molecule has 2 aromatic rings. The molecule has 1 heterocycles. The average Bonchev–Trinajstić information content (AvgIpc) is 2.49. The maximum atomic E-state index is 5.74. The molecular weight excluding hydrogens is 248 g/mol. The van der Waals surface area contributed by atoms with Gasteiger partial charge in [0.05, 0.1) is 0 Å². The number of hydrogen-bond acceptors (Lipinski definition) is 3. The molecule has 0 fully saturated rings. The van der Waals surface area contributed by atoms with Gasteiger partial charge in [0.25, 0.3) is 0 Å². The monoisotopic (exact) mass is 270 g/mol. The first kappa shape index (κ1) is 14.5. The first-order valence-electron chi connectivity index (χ1n) is 7.24. The summed E-state index contributed by atoms with van der Waals surface area (Å²) in [5.41, 5.74) is 2.51. The normalized spacial score (nSPS) is 10.5. The predicted molar refractivity (Wildman–Crippen MR) is 82.1 cm³/mol. The van der Waals surface area contributed by atoms with Crippen LogP contribution in [0, 0.1) is 0 Å². The molecule has 1 aromatic heterocycles. The fourth-order valence-corrected chi connectivity index (χ4v) is 1.98. The van der Waals surface area contributed by atoms with Crippen LogP contribution in [0.5, 0.6) is 11.6 Å². The Balaban J connectivity index is 1.95. The second-order valence-electron chi connectivity index (χ2n) is 4.78. The smallest absolute Gasteiger partial charge is 0.219 e. The zero-order valence-electron chi connectivity index (χ0n) is 12.2. The van der Waals surface area contributed by atoms with E-state index in [4.69, 9.17) is 4.74 Å². The van der Waals surface area contributed by atoms with Crippen LogP contribution in [0.2, 0.25) is 0 Å². The fourth-order valence-electron chi connectivity index (χ4n) is 1.98. The zero-order valence-corrected chi connectivity index (χ0v) is 12.2. The summed E-state index contributed by atoms with van der Waals surface area (Å²) in [6.45, 7) is 6.08. The Morgan fingerprint density at radius 1 is 1.00 bits per heavy atom. The van der Waals surface area contributed by atoms with Crippen LogP contribution in [0.1, 0.15) is 31.4 Å². The van der Waals surface area contributed by atoms with Gasteiger partial charge in [0.15, 0.2) is 0 Å². The summed E-state index contributed by atoms with van der Waals surface area (Å²) in [7, 11) is 0. The summed E-state index contributed by atoms with van der Waals surface area (Å²) >= 11 is 0. The van der Waals surface area contributed by atoms with Gasteiger partial charge in [-0.1, -0.05) is 38.5 Å². The number of aromatic nitrogens is 1. The highest BCUT2D eigenvalue weighted by Gasteiger charge is 2.00. The van der Waals surface area contributed by atoms with E-state index in [1.165, 1.54) is 5.56 Å². The van der Waals surface area contributed by atoms with Crippen molar-refractivity contribution in [1.82, 2.24) is 10.3 Å². The summed E-state index contributed by atoms with van der Waals surface area (Å²) in [5, 5.41) is 3.27. The lowest BCUT2D eigenvalue weighted by Gasteiger charge is -2.07. The summed E-state index contributed by atoms with van der Waals surface area (Å²) in [4.78, 5) is 4.32. The van der Waals surface area contributed by atoms with E-state index in [2.05, 4.69) is 36.3 Å². The summed E-state index contributed by atoms with van der Waals surface area (Å²) in [6.07, 6.45) is 4.12. The Morgan fingerprint density at radius 2 is 1.75 bits per heavy atom. The van der Waals surface area contributed by atoms with Crippen molar-refractivity contribution in [1.29, 1.82) is 0 Å². The zero-order chi connectivity index (χ0) is 14.2. The largest absolute Gasteiger partial charge is 0.439 e. The second-order valence-corrected chi connectivity index (χ2v) is 4.78. The second kappa shape index (κ2) is 7.65. The van der Waals surface area contributed by atoms with Crippen LogP contribution in [0.4, 0.5) is 0 Å². The average molecular weight is 270 g/mol. The molecule has 0 bridgehead atoms. The number of rotatable bonds is 7. The van der Waals surface area contributed by atoms with E-state index in [1.54, 1.807) is 0 Å². The van der Waals surface area contributed by atoms with Crippen molar-refractivity contribution in [2.24, 2.45) is 0 Å². The highest BCUT2D eigenvalue weighted by atomic mass is 16.5. The highest BCUT2D eigenvalue weighted by molar-refractivity contribution is 5.31. The van der Waals surface area contributed by atoms with Gasteiger partial charge in [-0.3, -0.25) is 0 Å². The topological polar surface area (TPSA) is 34.1 Å². The van der Waals surface area contributed by atoms with Crippen molar-refractivity contribution in [3.63, 3.8) is 0 Å². The molecular formula is C17H22N2O. The number of ether oxygens (including phenoxy) is 1. The Labute approximate surface area is 121 Å². The number of pyridine rings is 1. The molecule has 0 aliphatic heterocycles. The number of benzene rings is 1. The van der Waals surface area contributed by atoms with Crippen LogP contribution in [0.25, 0.3) is 0 Å². The van der Waals surface area contributed by atoms with Crippen molar-refractivity contribution >= 4 is 0 Å². The Hall–Kier alpha value is -1.87. The molecule has 2 rings (SSSR count). The lowest BCUT2D eigenvalue weighted by Crippen LogP contribution is -2.11. The molecule has 0 aliphatic carbocycles. The summed E-state index contributed by atoms with van der Waals surface area (Å²) in [6, 6.07) is 12.2. The quantitative estimate of drug-likeness (QED) is 0.827. The van der Waals surface area contributed by atoms with Crippen molar-refractivity contribution in [3.05, 3.63) is 53.7 Å². The van der Waals surface area contributed by atoms with Gasteiger partial charge in [0, 0.05) is 18.8 Å². The van der Waals surface area contributed by atoms with E-state index in [0.717, 1.165) is 37.2 Å². The van der Waals surface area contributed by atoms with Gasteiger partial charge in [-0.15, -0.1) is 0 Å². The minimum absolute atomic E-state index is 0.633. The van der Waals surface area contributed by atoms with E-state index in [0.29, 0.717) is 5.88 Å². The Kier molecular flexibility index (Phi) is 5.56. The van der Waals surface area contributed by atoms with Crippen LogP contribution in [-0.4, -0.2) is 11.5 Å². The van der Waals surface area contributed by atoms with Crippen LogP contribution >= 0.6 is 0 Å². The first-order chi connectivity index (χ1) is 9.81. The van der Waals surface area contributed by atoms with Crippen LogP contribution in [-0.2, 0) is 13.0 Å². The predicted octanol–water partition coefficient (Wildman–Crippen LogP) is 3.94. The van der Waals surface area contributed by atoms with Crippen molar-refractivity contribution in [3.8, 4) is 11.6 Å². The molecule has 0 radical (unpaired) electrons. The standard InChI is InChI=1S/C17H22N2O/c1-3-5-14-6-9-16(10-7-14)20-17-11-8-15(13-19-17)12-18-4-2/h6-11,13,18H,3-5,12H2,1-2H3. The van der Waals surface area contributed by atoms with Gasteiger partial charge in [0.1, 0.15) is 5.75 Å². The molecule has 0 atom stereocenters. The van der Waals surface area contributed by atoms with Crippen LogP contribution < -0.4 is 10.1 Å². The molecule has 1 aromatic carbocycles. The van der Waals surface area contributed by atoms with Gasteiger partial charge in [-0.05, 0) is 36.2 Å². The maximum absolute atomic E-state index is 5.74. The Bertz CT molecular complexity index is 506. The third-order valence-corrected chi connectivity index (χ3v) is 3.06. The maximum Gasteiger partial charge on any atom is 0.219 e. The number of nitrogens with zero attached hydrogens (tertiary/aromatic N) is 1. The minimum Gasteiger partial charge on any atom is -0.439 e. The third-order valence-electron chi connectivity index (χ3n) is 3.06. The molecule has 3 nitrogen and oxygen atoms in total. The van der Waals surface area contributed by atoms with Crippen LogP contribution in [0.3, 0.4) is 0 Å². The molecule has 0 unspecified atom stereocenters. The highest BCUT2D eigenvalue weighted by Crippen LogP contribution is 2.20. The van der Waals surface area contributed by atoms with Crippen molar-refractivity contribution < 1.29 is 4.74 Å². The SMILES string of the molecule is CCCc1ccc(Oc2ccc(CNCC)cn2)cc1. The molecule has 106 valence electrons. The molecule has 0 saturated carbocycles. The Morgan fingerprint density at radius 3 is 2.35 bits per heavy atom. The molecule has 3 heteroatoms. The van der Waals surface area contributed by atoms with Crippen molar-refractivity contribution in [2.75, 3.05) is 6.54 Å². The van der Waals surface area contributed by atoms with Gasteiger partial charge >= 0.3 is 0 Å². The van der Waals surface area contributed by atoms with Crippen molar-refractivity contribution in [2.45, 2.75) is 33.2 Å².